The van der Waals surface area contributed by atoms with E-state index in [1.165, 1.54) is 4.90 Å². The van der Waals surface area contributed by atoms with Gasteiger partial charge >= 0.3 is 11.9 Å². The first-order valence-corrected chi connectivity index (χ1v) is 6.57. The van der Waals surface area contributed by atoms with Crippen molar-refractivity contribution in [3.63, 3.8) is 0 Å². The minimum absolute atomic E-state index is 0.0979. The highest BCUT2D eigenvalue weighted by atomic mass is 16.4. The molecule has 2 rings (SSSR count). The number of rotatable bonds is 7. The van der Waals surface area contributed by atoms with E-state index in [9.17, 15) is 19.8 Å². The second-order valence-corrected chi connectivity index (χ2v) is 4.63. The van der Waals surface area contributed by atoms with Crippen LogP contribution >= 0.6 is 0 Å². The van der Waals surface area contributed by atoms with Gasteiger partial charge in [-0.3, -0.25) is 14.9 Å². The van der Waals surface area contributed by atoms with Crippen LogP contribution < -0.4 is 0 Å². The second-order valence-electron chi connectivity index (χ2n) is 4.63. The van der Waals surface area contributed by atoms with E-state index in [0.717, 1.165) is 0 Å². The van der Waals surface area contributed by atoms with Crippen LogP contribution in [0.5, 0.6) is 0 Å². The van der Waals surface area contributed by atoms with Gasteiger partial charge in [0.2, 0.25) is 6.04 Å². The van der Waals surface area contributed by atoms with Crippen molar-refractivity contribution in [3.8, 4) is 0 Å². The standard InChI is InChI=1S/C15H15N3O4/c19-14(20)13(15(21)22)18(9-11-5-1-3-7-16-11)10-12-6-2-4-8-17-12/h1-8,13H,9-10H2,(H,19,20)(H,21,22). The van der Waals surface area contributed by atoms with Crippen LogP contribution in [0.1, 0.15) is 11.4 Å². The zero-order valence-corrected chi connectivity index (χ0v) is 11.7. The molecule has 0 atom stereocenters. The first-order valence-electron chi connectivity index (χ1n) is 6.57. The lowest BCUT2D eigenvalue weighted by Gasteiger charge is -2.25. The average Bonchev–Trinajstić information content (AvgIpc) is 2.48. The second kappa shape index (κ2) is 7.28. The lowest BCUT2D eigenvalue weighted by Crippen LogP contribution is -2.46. The summed E-state index contributed by atoms with van der Waals surface area (Å²) in [5.41, 5.74) is 1.18. The number of carboxylic acids is 2. The highest BCUT2D eigenvalue weighted by Crippen LogP contribution is 2.12. The maximum absolute atomic E-state index is 11.3. The van der Waals surface area contributed by atoms with Gasteiger partial charge in [-0.05, 0) is 24.3 Å². The Morgan fingerprint density at radius 3 is 1.68 bits per heavy atom. The summed E-state index contributed by atoms with van der Waals surface area (Å²) in [7, 11) is 0. The molecule has 0 amide bonds. The third kappa shape index (κ3) is 4.10. The number of carbonyl (C=O) groups is 2. The Morgan fingerprint density at radius 2 is 1.36 bits per heavy atom. The quantitative estimate of drug-likeness (QED) is 0.736. The van der Waals surface area contributed by atoms with Crippen molar-refractivity contribution in [2.24, 2.45) is 0 Å². The lowest BCUT2D eigenvalue weighted by atomic mass is 10.2. The van der Waals surface area contributed by atoms with Crippen LogP contribution in [0.15, 0.2) is 48.8 Å². The highest BCUT2D eigenvalue weighted by Gasteiger charge is 2.33. The summed E-state index contributed by atoms with van der Waals surface area (Å²) < 4.78 is 0. The van der Waals surface area contributed by atoms with E-state index in [2.05, 4.69) is 9.97 Å². The molecule has 7 nitrogen and oxygen atoms in total. The summed E-state index contributed by atoms with van der Waals surface area (Å²) in [5, 5.41) is 18.4. The van der Waals surface area contributed by atoms with Crippen molar-refractivity contribution in [1.82, 2.24) is 14.9 Å². The Kier molecular flexibility index (Phi) is 5.16. The molecule has 0 aliphatic rings. The molecule has 2 aromatic rings. The van der Waals surface area contributed by atoms with Crippen molar-refractivity contribution in [3.05, 3.63) is 60.2 Å². The molecule has 2 aromatic heterocycles. The SMILES string of the molecule is O=C(O)C(C(=O)O)N(Cc1ccccn1)Cc1ccccn1. The van der Waals surface area contributed by atoms with Gasteiger partial charge in [0.05, 0.1) is 11.4 Å². The molecular formula is C15H15N3O4. The number of carboxylic acid groups (broad SMARTS) is 2. The van der Waals surface area contributed by atoms with Gasteiger partial charge in [-0.1, -0.05) is 12.1 Å². The molecule has 114 valence electrons. The van der Waals surface area contributed by atoms with E-state index in [0.29, 0.717) is 11.4 Å². The molecule has 0 radical (unpaired) electrons. The number of hydrogen-bond donors (Lipinski definition) is 2. The van der Waals surface area contributed by atoms with Crippen LogP contribution in [0.4, 0.5) is 0 Å². The summed E-state index contributed by atoms with van der Waals surface area (Å²) in [6, 6.07) is 8.76. The van der Waals surface area contributed by atoms with Gasteiger partial charge in [0.25, 0.3) is 0 Å². The molecule has 2 N–H and O–H groups in total. The van der Waals surface area contributed by atoms with Crippen LogP contribution in [-0.4, -0.2) is 43.1 Å². The molecule has 0 fully saturated rings. The van der Waals surface area contributed by atoms with Crippen molar-refractivity contribution in [2.45, 2.75) is 19.1 Å². The molecule has 2 heterocycles. The Bertz CT molecular complexity index is 578. The Hall–Kier alpha value is -2.80. The van der Waals surface area contributed by atoms with Gasteiger partial charge in [-0.2, -0.15) is 0 Å². The minimum Gasteiger partial charge on any atom is -0.480 e. The number of hydrogen-bond acceptors (Lipinski definition) is 5. The van der Waals surface area contributed by atoms with Gasteiger partial charge in [0.15, 0.2) is 0 Å². The topological polar surface area (TPSA) is 104 Å². The average molecular weight is 301 g/mol. The molecule has 0 saturated carbocycles. The maximum atomic E-state index is 11.3. The summed E-state index contributed by atoms with van der Waals surface area (Å²) in [4.78, 5) is 32.1. The van der Waals surface area contributed by atoms with Crippen molar-refractivity contribution in [2.75, 3.05) is 0 Å². The van der Waals surface area contributed by atoms with Gasteiger partial charge in [0, 0.05) is 25.5 Å². The first-order chi connectivity index (χ1) is 10.6. The van der Waals surface area contributed by atoms with E-state index in [1.54, 1.807) is 48.8 Å². The fourth-order valence-corrected chi connectivity index (χ4v) is 2.06. The third-order valence-corrected chi connectivity index (χ3v) is 3.02. The number of aromatic nitrogens is 2. The van der Waals surface area contributed by atoms with Crippen LogP contribution in [0.25, 0.3) is 0 Å². The summed E-state index contributed by atoms with van der Waals surface area (Å²) >= 11 is 0. The van der Waals surface area contributed by atoms with Crippen LogP contribution in [0.2, 0.25) is 0 Å². The molecule has 0 spiro atoms. The third-order valence-electron chi connectivity index (χ3n) is 3.02. The zero-order valence-electron chi connectivity index (χ0n) is 11.7. The summed E-state index contributed by atoms with van der Waals surface area (Å²) in [6.45, 7) is 0.196. The number of nitrogens with zero attached hydrogens (tertiary/aromatic N) is 3. The van der Waals surface area contributed by atoms with E-state index in [-0.39, 0.29) is 13.1 Å². The molecule has 7 heteroatoms. The van der Waals surface area contributed by atoms with E-state index in [1.807, 2.05) is 0 Å². The first kappa shape index (κ1) is 15.6. The molecule has 0 aliphatic carbocycles. The van der Waals surface area contributed by atoms with Crippen molar-refractivity contribution in [1.29, 1.82) is 0 Å². The van der Waals surface area contributed by atoms with E-state index < -0.39 is 18.0 Å². The molecule has 0 bridgehead atoms. The van der Waals surface area contributed by atoms with Gasteiger partial charge in [0.1, 0.15) is 0 Å². The lowest BCUT2D eigenvalue weighted by molar-refractivity contribution is -0.157. The van der Waals surface area contributed by atoms with E-state index >= 15 is 0 Å². The zero-order chi connectivity index (χ0) is 15.9. The van der Waals surface area contributed by atoms with Crippen molar-refractivity contribution >= 4 is 11.9 Å². The highest BCUT2D eigenvalue weighted by molar-refractivity contribution is 5.97. The van der Waals surface area contributed by atoms with Crippen LogP contribution in [0.3, 0.4) is 0 Å². The minimum atomic E-state index is -1.66. The molecule has 0 unspecified atom stereocenters. The predicted molar refractivity (Wildman–Crippen MR) is 76.8 cm³/mol. The molecule has 0 aromatic carbocycles. The van der Waals surface area contributed by atoms with Crippen LogP contribution in [0, 0.1) is 0 Å². The Morgan fingerprint density at radius 1 is 0.909 bits per heavy atom. The maximum Gasteiger partial charge on any atom is 0.332 e. The summed E-state index contributed by atoms with van der Waals surface area (Å²) in [6.07, 6.45) is 3.15. The predicted octanol–water partition coefficient (Wildman–Crippen LogP) is 1.02. The number of aliphatic carboxylic acids is 2. The normalized spacial score (nSPS) is 10.8. The number of pyridine rings is 2. The monoisotopic (exact) mass is 301 g/mol. The Labute approximate surface area is 126 Å². The molecule has 0 aliphatic heterocycles. The molecule has 0 saturated heterocycles. The molecular weight excluding hydrogens is 286 g/mol. The van der Waals surface area contributed by atoms with Gasteiger partial charge < -0.3 is 10.2 Å². The van der Waals surface area contributed by atoms with Gasteiger partial charge in [-0.15, -0.1) is 0 Å². The smallest absolute Gasteiger partial charge is 0.332 e. The summed E-state index contributed by atoms with van der Waals surface area (Å²) in [5.74, 6) is -2.83. The van der Waals surface area contributed by atoms with Crippen molar-refractivity contribution < 1.29 is 19.8 Å². The fraction of sp³-hybridized carbons (Fsp3) is 0.200. The van der Waals surface area contributed by atoms with Crippen LogP contribution in [-0.2, 0) is 22.7 Å². The molecule has 22 heavy (non-hydrogen) atoms. The van der Waals surface area contributed by atoms with Gasteiger partial charge in [-0.25, -0.2) is 9.59 Å². The fourth-order valence-electron chi connectivity index (χ4n) is 2.06. The largest absolute Gasteiger partial charge is 0.480 e. The Balaban J connectivity index is 2.27. The van der Waals surface area contributed by atoms with E-state index in [4.69, 9.17) is 0 Å².